The number of pyridine rings is 2. The van der Waals surface area contributed by atoms with E-state index in [1.165, 1.54) is 18.0 Å². The van der Waals surface area contributed by atoms with Crippen molar-refractivity contribution in [3.05, 3.63) is 63.6 Å². The molecule has 0 amide bonds. The van der Waals surface area contributed by atoms with Crippen LogP contribution in [0.5, 0.6) is 0 Å². The molecular formula is C24H29FN4O2. The summed E-state index contributed by atoms with van der Waals surface area (Å²) in [7, 11) is 0. The molecule has 0 aromatic carbocycles. The molecule has 6 nitrogen and oxygen atoms in total. The topological polar surface area (TPSA) is 50.6 Å². The van der Waals surface area contributed by atoms with E-state index >= 15 is 0 Å². The second-order valence-corrected chi connectivity index (χ2v) is 9.91. The lowest BCUT2D eigenvalue weighted by molar-refractivity contribution is 0.113. The maximum atomic E-state index is 13.3. The van der Waals surface area contributed by atoms with Crippen molar-refractivity contribution in [2.24, 2.45) is 17.8 Å². The molecule has 2 bridgehead atoms. The summed E-state index contributed by atoms with van der Waals surface area (Å²) in [5.41, 5.74) is 3.20. The molecule has 0 radical (unpaired) electrons. The van der Waals surface area contributed by atoms with Crippen LogP contribution in [-0.2, 0) is 24.4 Å². The zero-order valence-electron chi connectivity index (χ0n) is 17.8. The van der Waals surface area contributed by atoms with Crippen molar-refractivity contribution in [1.29, 1.82) is 0 Å². The highest BCUT2D eigenvalue weighted by molar-refractivity contribution is 5.23. The molecule has 4 aliphatic rings. The third-order valence-electron chi connectivity index (χ3n) is 7.64. The van der Waals surface area contributed by atoms with Crippen molar-refractivity contribution in [1.82, 2.24) is 19.4 Å². The maximum Gasteiger partial charge on any atom is 0.255 e. The number of halogens is 1. The molecule has 4 atom stereocenters. The fraction of sp³-hybridized carbons (Fsp3) is 0.583. The number of ether oxygens (including phenoxy) is 1. The van der Waals surface area contributed by atoms with Gasteiger partial charge in [-0.25, -0.2) is 4.39 Å². The first-order valence-electron chi connectivity index (χ1n) is 11.5. The largest absolute Gasteiger partial charge is 0.381 e. The van der Waals surface area contributed by atoms with Crippen molar-refractivity contribution in [3.8, 4) is 0 Å². The van der Waals surface area contributed by atoms with E-state index in [2.05, 4.69) is 31.5 Å². The van der Waals surface area contributed by atoms with Crippen LogP contribution in [-0.4, -0.2) is 58.7 Å². The van der Waals surface area contributed by atoms with Crippen LogP contribution < -0.4 is 5.56 Å². The fourth-order valence-corrected chi connectivity index (χ4v) is 6.22. The summed E-state index contributed by atoms with van der Waals surface area (Å²) in [4.78, 5) is 22.4. The molecule has 0 N–H and O–H groups in total. The molecule has 0 aliphatic carbocycles. The third kappa shape index (κ3) is 3.73. The molecule has 0 unspecified atom stereocenters. The van der Waals surface area contributed by atoms with Crippen molar-refractivity contribution in [3.63, 3.8) is 0 Å². The summed E-state index contributed by atoms with van der Waals surface area (Å²) in [5.74, 6) is 1.83. The van der Waals surface area contributed by atoms with E-state index in [9.17, 15) is 9.18 Å². The first-order chi connectivity index (χ1) is 15.1. The zero-order valence-corrected chi connectivity index (χ0v) is 17.8. The van der Waals surface area contributed by atoms with Gasteiger partial charge in [-0.3, -0.25) is 19.6 Å². The van der Waals surface area contributed by atoms with Gasteiger partial charge in [-0.15, -0.1) is 0 Å². The van der Waals surface area contributed by atoms with Gasteiger partial charge in [0.15, 0.2) is 0 Å². The molecule has 31 heavy (non-hydrogen) atoms. The number of hydrogen-bond donors (Lipinski definition) is 0. The average molecular weight is 425 g/mol. The summed E-state index contributed by atoms with van der Waals surface area (Å²) < 4.78 is 20.8. The number of aromatic nitrogens is 2. The van der Waals surface area contributed by atoms with Gasteiger partial charge in [0.1, 0.15) is 5.82 Å². The van der Waals surface area contributed by atoms with E-state index < -0.39 is 0 Å². The number of rotatable bonds is 4. The van der Waals surface area contributed by atoms with Gasteiger partial charge < -0.3 is 9.30 Å². The molecule has 7 heteroatoms. The molecule has 3 fully saturated rings. The minimum Gasteiger partial charge on any atom is -0.381 e. The zero-order chi connectivity index (χ0) is 20.9. The number of piperidine rings is 1. The van der Waals surface area contributed by atoms with Gasteiger partial charge >= 0.3 is 0 Å². The first kappa shape index (κ1) is 19.6. The number of nitrogens with zero attached hydrogens (tertiary/aromatic N) is 4. The monoisotopic (exact) mass is 424 g/mol. The van der Waals surface area contributed by atoms with Gasteiger partial charge in [0, 0.05) is 74.8 Å². The Balaban J connectivity index is 1.18. The predicted octanol–water partition coefficient (Wildman–Crippen LogP) is 2.08. The molecule has 6 heterocycles. The minimum absolute atomic E-state index is 0.203. The second-order valence-electron chi connectivity index (χ2n) is 9.91. The highest BCUT2D eigenvalue weighted by Crippen LogP contribution is 2.36. The lowest BCUT2D eigenvalue weighted by Crippen LogP contribution is -2.47. The average Bonchev–Trinajstić information content (AvgIpc) is 3.34. The lowest BCUT2D eigenvalue weighted by atomic mass is 9.83. The summed E-state index contributed by atoms with van der Waals surface area (Å²) >= 11 is 0. The Labute approximate surface area is 181 Å². The second kappa shape index (κ2) is 7.80. The van der Waals surface area contributed by atoms with E-state index in [1.807, 2.05) is 0 Å². The van der Waals surface area contributed by atoms with Crippen molar-refractivity contribution < 1.29 is 9.13 Å². The van der Waals surface area contributed by atoms with Crippen LogP contribution in [0.1, 0.15) is 29.3 Å². The Hall–Kier alpha value is -2.09. The molecule has 6 rings (SSSR count). The third-order valence-corrected chi connectivity index (χ3v) is 7.64. The van der Waals surface area contributed by atoms with Crippen molar-refractivity contribution >= 4 is 0 Å². The van der Waals surface area contributed by atoms with Crippen LogP contribution in [0.15, 0.2) is 35.3 Å². The van der Waals surface area contributed by atoms with Crippen molar-refractivity contribution in [2.45, 2.75) is 32.0 Å². The Kier molecular flexibility index (Phi) is 4.93. The number of hydrogen-bond acceptors (Lipinski definition) is 5. The van der Waals surface area contributed by atoms with E-state index in [1.54, 1.807) is 6.07 Å². The van der Waals surface area contributed by atoms with Crippen LogP contribution in [0.2, 0.25) is 0 Å². The maximum absolute atomic E-state index is 13.3. The van der Waals surface area contributed by atoms with Crippen LogP contribution in [0.4, 0.5) is 4.39 Å². The summed E-state index contributed by atoms with van der Waals surface area (Å²) in [5, 5.41) is 0. The van der Waals surface area contributed by atoms with E-state index in [-0.39, 0.29) is 11.4 Å². The SMILES string of the molecule is O=c1c(CN2C[C@H]3COC[C@H]3C2)ccc2n1C[C@H]1C[C@@H]2CN(Cc2ccc(F)cn2)C1. The quantitative estimate of drug-likeness (QED) is 0.752. The molecule has 3 saturated heterocycles. The smallest absolute Gasteiger partial charge is 0.255 e. The highest BCUT2D eigenvalue weighted by Gasteiger charge is 2.38. The lowest BCUT2D eigenvalue weighted by Gasteiger charge is -2.43. The molecule has 2 aromatic heterocycles. The Bertz CT molecular complexity index is 1010. The predicted molar refractivity (Wildman–Crippen MR) is 114 cm³/mol. The van der Waals surface area contributed by atoms with Gasteiger partial charge in [0.2, 0.25) is 0 Å². The highest BCUT2D eigenvalue weighted by atomic mass is 19.1. The van der Waals surface area contributed by atoms with Gasteiger partial charge in [0.05, 0.1) is 25.1 Å². The van der Waals surface area contributed by atoms with Crippen LogP contribution in [0.3, 0.4) is 0 Å². The van der Waals surface area contributed by atoms with E-state index in [4.69, 9.17) is 4.74 Å². The van der Waals surface area contributed by atoms with Crippen LogP contribution in [0, 0.1) is 23.6 Å². The summed E-state index contributed by atoms with van der Waals surface area (Å²) in [6, 6.07) is 7.50. The normalized spacial score (nSPS) is 30.4. The summed E-state index contributed by atoms with van der Waals surface area (Å²) in [6.07, 6.45) is 2.43. The van der Waals surface area contributed by atoms with Gasteiger partial charge in [-0.1, -0.05) is 6.07 Å². The van der Waals surface area contributed by atoms with Crippen LogP contribution in [0.25, 0.3) is 0 Å². The molecular weight excluding hydrogens is 395 g/mol. The van der Waals surface area contributed by atoms with Crippen LogP contribution >= 0.6 is 0 Å². The van der Waals surface area contributed by atoms with Gasteiger partial charge in [-0.05, 0) is 30.5 Å². The van der Waals surface area contributed by atoms with Gasteiger partial charge in [0.25, 0.3) is 5.56 Å². The Morgan fingerprint density at radius 1 is 0.968 bits per heavy atom. The molecule has 0 spiro atoms. The molecule has 0 saturated carbocycles. The summed E-state index contributed by atoms with van der Waals surface area (Å²) in [6.45, 7) is 8.00. The molecule has 4 aliphatic heterocycles. The van der Waals surface area contributed by atoms with Crippen molar-refractivity contribution in [2.75, 3.05) is 39.4 Å². The van der Waals surface area contributed by atoms with E-state index in [0.717, 1.165) is 76.7 Å². The number of likely N-dealkylation sites (tertiary alicyclic amines) is 2. The first-order valence-corrected chi connectivity index (χ1v) is 11.5. The fourth-order valence-electron chi connectivity index (χ4n) is 6.22. The minimum atomic E-state index is -0.297. The Morgan fingerprint density at radius 3 is 2.55 bits per heavy atom. The molecule has 164 valence electrons. The Morgan fingerprint density at radius 2 is 1.77 bits per heavy atom. The van der Waals surface area contributed by atoms with E-state index in [0.29, 0.717) is 23.7 Å². The number of fused-ring (bicyclic) bond motifs is 5. The standard InChI is InChI=1S/C24H29FN4O2/c25-21-2-3-22(26-6-21)13-27-7-16-5-18(10-27)23-4-1-17(24(30)29(23)8-16)9-28-11-19-14-31-15-20(19)12-28/h1-4,6,16,18-20H,5,7-15H2/t16-,18+,19-,20+/m0/s1. The molecule has 2 aromatic rings. The van der Waals surface area contributed by atoms with Gasteiger partial charge in [-0.2, -0.15) is 0 Å².